The van der Waals surface area contributed by atoms with E-state index < -0.39 is 12.0 Å². The highest BCUT2D eigenvalue weighted by Crippen LogP contribution is 2.30. The lowest BCUT2D eigenvalue weighted by atomic mass is 10.0. The Morgan fingerprint density at radius 3 is 2.64 bits per heavy atom. The van der Waals surface area contributed by atoms with Crippen LogP contribution >= 0.6 is 0 Å². The highest BCUT2D eigenvalue weighted by Gasteiger charge is 2.33. The largest absolute Gasteiger partial charge is 0.496 e. The van der Waals surface area contributed by atoms with Crippen molar-refractivity contribution in [3.8, 4) is 16.9 Å². The topological polar surface area (TPSA) is 80.5 Å². The number of fused-ring (bicyclic) bond motifs is 1. The number of hydrogen-bond acceptors (Lipinski definition) is 5. The zero-order valence-corrected chi connectivity index (χ0v) is 15.9. The number of para-hydroxylation sites is 1. The molecule has 7 nitrogen and oxygen atoms in total. The van der Waals surface area contributed by atoms with E-state index in [0.29, 0.717) is 19.6 Å². The summed E-state index contributed by atoms with van der Waals surface area (Å²) in [6, 6.07) is 15.4. The molecular formula is C21H22N4O3. The second-order valence-corrected chi connectivity index (χ2v) is 6.93. The molecule has 0 aliphatic carbocycles. The number of nitrogens with zero attached hydrogens (tertiary/aromatic N) is 4. The maximum atomic E-state index is 11.8. The number of methoxy groups -OCH3 is 1. The molecule has 0 spiro atoms. The van der Waals surface area contributed by atoms with Gasteiger partial charge in [0.2, 0.25) is 0 Å². The highest BCUT2D eigenvalue weighted by atomic mass is 16.5. The van der Waals surface area contributed by atoms with Crippen LogP contribution in [-0.2, 0) is 24.4 Å². The quantitative estimate of drug-likeness (QED) is 0.735. The Bertz CT molecular complexity index is 997. The van der Waals surface area contributed by atoms with Crippen molar-refractivity contribution in [2.75, 3.05) is 7.11 Å². The lowest BCUT2D eigenvalue weighted by molar-refractivity contribution is -0.145. The lowest BCUT2D eigenvalue weighted by Crippen LogP contribution is -2.47. The number of hydrogen-bond donors (Lipinski definition) is 1. The van der Waals surface area contributed by atoms with Gasteiger partial charge in [-0.25, -0.2) is 0 Å². The zero-order valence-electron chi connectivity index (χ0n) is 15.9. The molecule has 7 heteroatoms. The van der Waals surface area contributed by atoms with Crippen molar-refractivity contribution >= 4 is 5.97 Å². The summed E-state index contributed by atoms with van der Waals surface area (Å²) < 4.78 is 7.33. The van der Waals surface area contributed by atoms with E-state index in [-0.39, 0.29) is 0 Å². The van der Waals surface area contributed by atoms with Gasteiger partial charge < -0.3 is 14.4 Å². The minimum absolute atomic E-state index is 0.364. The van der Waals surface area contributed by atoms with Crippen molar-refractivity contribution < 1.29 is 14.6 Å². The second kappa shape index (κ2) is 7.44. The van der Waals surface area contributed by atoms with Crippen molar-refractivity contribution in [3.05, 3.63) is 65.7 Å². The molecule has 0 amide bonds. The number of rotatable bonds is 5. The normalized spacial score (nSPS) is 16.6. The van der Waals surface area contributed by atoms with Crippen molar-refractivity contribution in [1.29, 1.82) is 0 Å². The van der Waals surface area contributed by atoms with Crippen LogP contribution in [0.3, 0.4) is 0 Å². The Hall–Kier alpha value is -3.19. The Morgan fingerprint density at radius 2 is 1.93 bits per heavy atom. The number of carboxylic acid groups (broad SMARTS) is 1. The molecule has 0 saturated heterocycles. The third kappa shape index (κ3) is 3.36. The summed E-state index contributed by atoms with van der Waals surface area (Å²) >= 11 is 0. The number of benzene rings is 2. The van der Waals surface area contributed by atoms with E-state index in [2.05, 4.69) is 10.2 Å². The Kier molecular flexibility index (Phi) is 4.83. The fraction of sp³-hybridized carbons (Fsp3) is 0.286. The first-order valence-corrected chi connectivity index (χ1v) is 9.14. The smallest absolute Gasteiger partial charge is 0.322 e. The van der Waals surface area contributed by atoms with Crippen LogP contribution in [0.5, 0.6) is 5.75 Å². The SMILES string of the molecule is COc1ccccc1-c1ccc(CN2Cc3nnc(C)n3CC2C(=O)O)cc1. The molecule has 1 aliphatic heterocycles. The summed E-state index contributed by atoms with van der Waals surface area (Å²) in [6.07, 6.45) is 0. The van der Waals surface area contributed by atoms with Gasteiger partial charge in [-0.3, -0.25) is 9.69 Å². The summed E-state index contributed by atoms with van der Waals surface area (Å²) in [5, 5.41) is 17.9. The molecule has 2 aromatic carbocycles. The van der Waals surface area contributed by atoms with Crippen molar-refractivity contribution in [2.45, 2.75) is 32.6 Å². The van der Waals surface area contributed by atoms with Crippen LogP contribution in [0.25, 0.3) is 11.1 Å². The molecule has 4 rings (SSSR count). The first kappa shape index (κ1) is 18.2. The molecular weight excluding hydrogens is 356 g/mol. The first-order chi connectivity index (χ1) is 13.6. The summed E-state index contributed by atoms with van der Waals surface area (Å²) in [6.45, 7) is 3.21. The van der Waals surface area contributed by atoms with Crippen LogP contribution in [0.4, 0.5) is 0 Å². The summed E-state index contributed by atoms with van der Waals surface area (Å²) in [4.78, 5) is 13.7. The Balaban J connectivity index is 1.56. The average molecular weight is 378 g/mol. The van der Waals surface area contributed by atoms with Crippen molar-refractivity contribution in [3.63, 3.8) is 0 Å². The number of carbonyl (C=O) groups is 1. The van der Waals surface area contributed by atoms with Gasteiger partial charge in [0.1, 0.15) is 23.4 Å². The molecule has 1 unspecified atom stereocenters. The van der Waals surface area contributed by atoms with Gasteiger partial charge in [0, 0.05) is 12.1 Å². The van der Waals surface area contributed by atoms with Gasteiger partial charge in [0.05, 0.1) is 20.2 Å². The van der Waals surface area contributed by atoms with E-state index in [1.165, 1.54) is 0 Å². The molecule has 1 aromatic heterocycles. The maximum Gasteiger partial charge on any atom is 0.322 e. The van der Waals surface area contributed by atoms with Gasteiger partial charge in [-0.2, -0.15) is 0 Å². The molecule has 0 fully saturated rings. The number of ether oxygens (including phenoxy) is 1. The van der Waals surface area contributed by atoms with Crippen LogP contribution in [0.1, 0.15) is 17.2 Å². The van der Waals surface area contributed by atoms with Gasteiger partial charge in [0.15, 0.2) is 0 Å². The first-order valence-electron chi connectivity index (χ1n) is 9.14. The average Bonchev–Trinajstić information content (AvgIpc) is 3.07. The van der Waals surface area contributed by atoms with Gasteiger partial charge in [-0.15, -0.1) is 10.2 Å². The predicted octanol–water partition coefficient (Wildman–Crippen LogP) is 2.73. The Labute approximate surface area is 163 Å². The van der Waals surface area contributed by atoms with E-state index in [1.54, 1.807) is 7.11 Å². The summed E-state index contributed by atoms with van der Waals surface area (Å²) in [7, 11) is 1.66. The van der Waals surface area contributed by atoms with Crippen LogP contribution in [0.2, 0.25) is 0 Å². The summed E-state index contributed by atoms with van der Waals surface area (Å²) in [5.41, 5.74) is 3.14. The number of aryl methyl sites for hydroxylation is 1. The highest BCUT2D eigenvalue weighted by molar-refractivity contribution is 5.73. The maximum absolute atomic E-state index is 11.8. The third-order valence-electron chi connectivity index (χ3n) is 5.20. The fourth-order valence-electron chi connectivity index (χ4n) is 3.67. The van der Waals surface area contributed by atoms with Gasteiger partial charge in [-0.05, 0) is 24.1 Å². The zero-order chi connectivity index (χ0) is 19.7. The van der Waals surface area contributed by atoms with Crippen molar-refractivity contribution in [2.24, 2.45) is 0 Å². The predicted molar refractivity (Wildman–Crippen MR) is 104 cm³/mol. The van der Waals surface area contributed by atoms with E-state index in [0.717, 1.165) is 34.1 Å². The van der Waals surface area contributed by atoms with Gasteiger partial charge in [0.25, 0.3) is 0 Å². The molecule has 0 bridgehead atoms. The number of aliphatic carboxylic acids is 1. The summed E-state index contributed by atoms with van der Waals surface area (Å²) in [5.74, 6) is 1.55. The van der Waals surface area contributed by atoms with Gasteiger partial charge >= 0.3 is 5.97 Å². The van der Waals surface area contributed by atoms with E-state index >= 15 is 0 Å². The molecule has 1 aliphatic rings. The third-order valence-corrected chi connectivity index (χ3v) is 5.20. The molecule has 3 aromatic rings. The monoisotopic (exact) mass is 378 g/mol. The Morgan fingerprint density at radius 1 is 1.18 bits per heavy atom. The van der Waals surface area contributed by atoms with E-state index in [1.807, 2.05) is 64.9 Å². The number of aromatic nitrogens is 3. The molecule has 0 saturated carbocycles. The van der Waals surface area contributed by atoms with E-state index in [9.17, 15) is 9.90 Å². The minimum atomic E-state index is -0.829. The molecule has 28 heavy (non-hydrogen) atoms. The van der Waals surface area contributed by atoms with Gasteiger partial charge in [-0.1, -0.05) is 42.5 Å². The van der Waals surface area contributed by atoms with Crippen molar-refractivity contribution in [1.82, 2.24) is 19.7 Å². The molecule has 1 N–H and O–H groups in total. The second-order valence-electron chi connectivity index (χ2n) is 6.93. The standard InChI is InChI=1S/C21H22N4O3/c1-14-22-23-20-13-24(18(21(26)27)12-25(14)20)11-15-7-9-16(10-8-15)17-5-3-4-6-19(17)28-2/h3-10,18H,11-13H2,1-2H3,(H,26,27). The molecule has 1 atom stereocenters. The van der Waals surface area contributed by atoms with Crippen LogP contribution in [0, 0.1) is 6.92 Å². The van der Waals surface area contributed by atoms with E-state index in [4.69, 9.17) is 4.74 Å². The lowest BCUT2D eigenvalue weighted by Gasteiger charge is -2.33. The van der Waals surface area contributed by atoms with Crippen LogP contribution in [-0.4, -0.2) is 43.9 Å². The molecule has 2 heterocycles. The van der Waals surface area contributed by atoms with Crippen LogP contribution < -0.4 is 4.74 Å². The minimum Gasteiger partial charge on any atom is -0.496 e. The fourth-order valence-corrected chi connectivity index (χ4v) is 3.67. The number of carboxylic acids is 1. The molecule has 144 valence electrons. The molecule has 0 radical (unpaired) electrons. The van der Waals surface area contributed by atoms with Crippen LogP contribution in [0.15, 0.2) is 48.5 Å².